The Labute approximate surface area is 590 Å². The highest BCUT2D eigenvalue weighted by Crippen LogP contribution is 2.21. The zero-order chi connectivity index (χ0) is 67.7. The summed E-state index contributed by atoms with van der Waals surface area (Å²) in [5.74, 6) is -0.000302. The van der Waals surface area contributed by atoms with Gasteiger partial charge in [0.25, 0.3) is 0 Å². The monoisotopic (exact) mass is 1320 g/mol. The van der Waals surface area contributed by atoms with E-state index < -0.39 is 12.1 Å². The maximum absolute atomic E-state index is 12.6. The van der Waals surface area contributed by atoms with Crippen LogP contribution < -0.4 is 5.32 Å². The van der Waals surface area contributed by atoms with Crippen LogP contribution in [0.5, 0.6) is 0 Å². The smallest absolute Gasteiger partial charge is 0.305 e. The minimum Gasteiger partial charge on any atom is -0.466 e. The van der Waals surface area contributed by atoms with Crippen LogP contribution in [-0.2, 0) is 14.3 Å². The number of rotatable bonds is 84. The van der Waals surface area contributed by atoms with Crippen LogP contribution >= 0.6 is 0 Å². The predicted molar refractivity (Wildman–Crippen MR) is 417 cm³/mol. The molecule has 2 unspecified atom stereocenters. The number of esters is 1. The van der Waals surface area contributed by atoms with Crippen LogP contribution in [0.1, 0.15) is 515 Å². The molecule has 6 heteroatoms. The van der Waals surface area contributed by atoms with Crippen molar-refractivity contribution >= 4 is 11.9 Å². The zero-order valence-corrected chi connectivity index (χ0v) is 64.5. The first-order chi connectivity index (χ1) is 46.5. The minimum absolute atomic E-state index is 0.0226. The topological polar surface area (TPSA) is 95.9 Å². The lowest BCUT2D eigenvalue weighted by Gasteiger charge is -2.22. The van der Waals surface area contributed by atoms with Crippen molar-refractivity contribution in [3.8, 4) is 0 Å². The van der Waals surface area contributed by atoms with Crippen molar-refractivity contribution in [2.45, 2.75) is 527 Å². The van der Waals surface area contributed by atoms with Gasteiger partial charge in [-0.25, -0.2) is 0 Å². The van der Waals surface area contributed by atoms with E-state index >= 15 is 0 Å². The largest absolute Gasteiger partial charge is 0.466 e. The number of ether oxygens (including phenoxy) is 1. The normalized spacial score (nSPS) is 12.4. The molecule has 2 atom stereocenters. The lowest BCUT2D eigenvalue weighted by Crippen LogP contribution is -2.45. The first-order valence-electron chi connectivity index (χ1n) is 43.9. The number of unbranched alkanes of at least 4 members (excludes halogenated alkanes) is 71. The maximum atomic E-state index is 12.6. The standard InChI is InChI=1S/C88H173NO5/c1-3-5-7-9-11-13-15-17-19-21-23-45-48-52-56-60-64-68-72-76-80-86(91)85(84-90)89-87(92)81-77-73-69-65-61-57-53-49-46-43-41-39-37-35-33-31-29-27-25-24-26-28-30-32-34-36-38-40-42-44-47-51-55-59-63-67-71-75-79-83-94-88(93)82-78-74-70-66-62-58-54-50-22-20-18-16-14-12-10-8-6-4-2/h20,22,85-86,90-91H,3-19,21,23-84H2,1-2H3,(H,89,92)/b22-20-. The Morgan fingerprint density at radius 1 is 0.287 bits per heavy atom. The summed E-state index contributed by atoms with van der Waals surface area (Å²) < 4.78 is 5.52. The van der Waals surface area contributed by atoms with Gasteiger partial charge in [-0.15, -0.1) is 0 Å². The maximum Gasteiger partial charge on any atom is 0.305 e. The molecule has 0 aromatic rings. The molecule has 3 N–H and O–H groups in total. The average molecular weight is 1330 g/mol. The molecular formula is C88H173NO5. The molecule has 94 heavy (non-hydrogen) atoms. The molecule has 560 valence electrons. The number of nitrogens with one attached hydrogen (secondary N) is 1. The number of carbonyl (C=O) groups is 2. The first kappa shape index (κ1) is 92.6. The molecular weight excluding hydrogens is 1150 g/mol. The van der Waals surface area contributed by atoms with Crippen LogP contribution in [0, 0.1) is 0 Å². The Hall–Kier alpha value is -1.40. The van der Waals surface area contributed by atoms with Gasteiger partial charge in [0.1, 0.15) is 0 Å². The molecule has 0 rings (SSSR count). The number of aliphatic hydroxyl groups is 2. The van der Waals surface area contributed by atoms with E-state index in [0.29, 0.717) is 25.9 Å². The third-order valence-corrected chi connectivity index (χ3v) is 21.1. The quantitative estimate of drug-likeness (QED) is 0.0320. The fourth-order valence-corrected chi connectivity index (χ4v) is 14.4. The van der Waals surface area contributed by atoms with Gasteiger partial charge in [0, 0.05) is 12.8 Å². The molecule has 6 nitrogen and oxygen atoms in total. The van der Waals surface area contributed by atoms with Gasteiger partial charge in [-0.2, -0.15) is 0 Å². The Balaban J connectivity index is 3.29. The summed E-state index contributed by atoms with van der Waals surface area (Å²) in [5, 5.41) is 23.5. The Morgan fingerprint density at radius 3 is 0.755 bits per heavy atom. The summed E-state index contributed by atoms with van der Waals surface area (Å²) in [6.45, 7) is 5.02. The van der Waals surface area contributed by atoms with Gasteiger partial charge in [-0.05, 0) is 51.4 Å². The fourth-order valence-electron chi connectivity index (χ4n) is 14.4. The number of carbonyl (C=O) groups excluding carboxylic acids is 2. The van der Waals surface area contributed by atoms with Crippen molar-refractivity contribution in [3.05, 3.63) is 12.2 Å². The molecule has 0 fully saturated rings. The number of hydrogen-bond donors (Lipinski definition) is 3. The van der Waals surface area contributed by atoms with E-state index in [1.54, 1.807) is 0 Å². The van der Waals surface area contributed by atoms with E-state index in [4.69, 9.17) is 4.74 Å². The third-order valence-electron chi connectivity index (χ3n) is 21.1. The van der Waals surface area contributed by atoms with Gasteiger partial charge in [-0.1, -0.05) is 463 Å². The summed E-state index contributed by atoms with van der Waals surface area (Å²) in [5.41, 5.74) is 0. The second-order valence-corrected chi connectivity index (χ2v) is 30.6. The van der Waals surface area contributed by atoms with Crippen LogP contribution in [0.15, 0.2) is 12.2 Å². The molecule has 0 radical (unpaired) electrons. The number of amides is 1. The third kappa shape index (κ3) is 79.6. The SMILES string of the molecule is CCCCCCCCC/C=C\CCCCCCCCCC(=O)OCCCCCCCCCCCCCCCCCCCCCCCCCCCCCCCCCCCCCCCCCC(=O)NC(CO)C(O)CCCCCCCCCCCCCCCCCCCCCC. The molecule has 0 spiro atoms. The molecule has 0 heterocycles. The fraction of sp³-hybridized carbons (Fsp3) is 0.955. The number of allylic oxidation sites excluding steroid dienone is 2. The molecule has 1 amide bonds. The lowest BCUT2D eigenvalue weighted by molar-refractivity contribution is -0.143. The van der Waals surface area contributed by atoms with E-state index in [0.717, 1.165) is 38.5 Å². The second-order valence-electron chi connectivity index (χ2n) is 30.6. The Kier molecular flexibility index (Phi) is 82.8. The average Bonchev–Trinajstić information content (AvgIpc) is 3.37. The van der Waals surface area contributed by atoms with Gasteiger partial charge in [-0.3, -0.25) is 9.59 Å². The molecule has 0 saturated carbocycles. The van der Waals surface area contributed by atoms with Gasteiger partial charge in [0.2, 0.25) is 5.91 Å². The van der Waals surface area contributed by atoms with Crippen molar-refractivity contribution in [1.29, 1.82) is 0 Å². The molecule has 0 aromatic carbocycles. The van der Waals surface area contributed by atoms with Crippen molar-refractivity contribution in [1.82, 2.24) is 5.32 Å². The van der Waals surface area contributed by atoms with Gasteiger partial charge >= 0.3 is 5.97 Å². The Morgan fingerprint density at radius 2 is 0.500 bits per heavy atom. The van der Waals surface area contributed by atoms with E-state index in [9.17, 15) is 19.8 Å². The highest BCUT2D eigenvalue weighted by Gasteiger charge is 2.20. The Bertz CT molecular complexity index is 1430. The first-order valence-corrected chi connectivity index (χ1v) is 43.9. The zero-order valence-electron chi connectivity index (χ0n) is 64.5. The molecule has 0 aromatic heterocycles. The summed E-state index contributed by atoms with van der Waals surface area (Å²) >= 11 is 0. The van der Waals surface area contributed by atoms with Crippen LogP contribution in [0.2, 0.25) is 0 Å². The van der Waals surface area contributed by atoms with Crippen LogP contribution in [0.3, 0.4) is 0 Å². The molecule has 0 aliphatic heterocycles. The summed E-state index contributed by atoms with van der Waals surface area (Å²) in [7, 11) is 0. The molecule has 0 aliphatic carbocycles. The van der Waals surface area contributed by atoms with Gasteiger partial charge in [0.05, 0.1) is 25.4 Å². The summed E-state index contributed by atoms with van der Waals surface area (Å²) in [4.78, 5) is 24.7. The molecule has 0 saturated heterocycles. The van der Waals surface area contributed by atoms with Gasteiger partial charge in [0.15, 0.2) is 0 Å². The number of aliphatic hydroxyl groups excluding tert-OH is 2. The highest BCUT2D eigenvalue weighted by atomic mass is 16.5. The number of hydrogen-bond acceptors (Lipinski definition) is 5. The minimum atomic E-state index is -0.660. The van der Waals surface area contributed by atoms with E-state index in [1.165, 1.54) is 443 Å². The molecule has 0 bridgehead atoms. The van der Waals surface area contributed by atoms with Crippen molar-refractivity contribution < 1.29 is 24.5 Å². The van der Waals surface area contributed by atoms with Crippen molar-refractivity contribution in [2.75, 3.05) is 13.2 Å². The van der Waals surface area contributed by atoms with Crippen LogP contribution in [0.4, 0.5) is 0 Å². The second kappa shape index (κ2) is 84.0. The lowest BCUT2D eigenvalue weighted by atomic mass is 10.0. The molecule has 0 aliphatic rings. The van der Waals surface area contributed by atoms with Gasteiger partial charge < -0.3 is 20.3 Å². The van der Waals surface area contributed by atoms with E-state index in [1.807, 2.05) is 0 Å². The van der Waals surface area contributed by atoms with Crippen molar-refractivity contribution in [2.24, 2.45) is 0 Å². The van der Waals surface area contributed by atoms with Crippen LogP contribution in [0.25, 0.3) is 0 Å². The highest BCUT2D eigenvalue weighted by molar-refractivity contribution is 5.76. The summed E-state index contributed by atoms with van der Waals surface area (Å²) in [6, 6.07) is -0.537. The van der Waals surface area contributed by atoms with E-state index in [-0.39, 0.29) is 18.5 Å². The van der Waals surface area contributed by atoms with Crippen molar-refractivity contribution in [3.63, 3.8) is 0 Å². The van der Waals surface area contributed by atoms with Crippen LogP contribution in [-0.4, -0.2) is 47.4 Å². The summed E-state index contributed by atoms with van der Waals surface area (Å²) in [6.07, 6.45) is 108. The predicted octanol–water partition coefficient (Wildman–Crippen LogP) is 29.4. The van der Waals surface area contributed by atoms with E-state index in [2.05, 4.69) is 31.3 Å².